The average Bonchev–Trinajstić information content (AvgIpc) is 3.60. The largest absolute Gasteiger partial charge is 0.343 e. The monoisotopic (exact) mass is 651 g/mol. The van der Waals surface area contributed by atoms with Gasteiger partial charge in [0.1, 0.15) is 5.82 Å². The molecular weight excluding hydrogens is 605 g/mol. The molecule has 1 aromatic carbocycles. The van der Waals surface area contributed by atoms with Crippen LogP contribution in [0.15, 0.2) is 36.8 Å². The molecule has 5 heterocycles. The van der Waals surface area contributed by atoms with Gasteiger partial charge in [-0.2, -0.15) is 0 Å². The number of rotatable bonds is 9. The maximum Gasteiger partial charge on any atom is 0.256 e. The van der Waals surface area contributed by atoms with E-state index in [0.29, 0.717) is 29.5 Å². The fourth-order valence-electron chi connectivity index (χ4n) is 7.56. The highest BCUT2D eigenvalue weighted by Gasteiger charge is 2.36. The van der Waals surface area contributed by atoms with Gasteiger partial charge in [-0.3, -0.25) is 14.6 Å². The number of likely N-dealkylation sites (tertiary alicyclic amines) is 2. The van der Waals surface area contributed by atoms with Crippen molar-refractivity contribution < 1.29 is 22.4 Å². The topological polar surface area (TPSA) is 95.8 Å². The number of sulfone groups is 1. The number of halogens is 1. The molecule has 0 saturated carbocycles. The molecule has 3 saturated heterocycles. The number of benzene rings is 1. The number of fused-ring (bicyclic) bond motifs is 1. The van der Waals surface area contributed by atoms with Crippen molar-refractivity contribution in [1.29, 1.82) is 0 Å². The molecule has 248 valence electrons. The molecule has 0 N–H and O–H groups in total. The molecule has 0 aliphatic carbocycles. The van der Waals surface area contributed by atoms with E-state index in [9.17, 15) is 22.4 Å². The maximum absolute atomic E-state index is 14.5. The number of carbonyl (C=O) groups excluding carboxylic acids is 2. The number of amides is 2. The lowest BCUT2D eigenvalue weighted by atomic mass is 9.95. The molecule has 0 radical (unpaired) electrons. The summed E-state index contributed by atoms with van der Waals surface area (Å²) in [7, 11) is -1.15. The molecule has 2 aromatic heterocycles. The number of piperidine rings is 1. The Balaban J connectivity index is 1.11. The number of hydrogen-bond acceptors (Lipinski definition) is 6. The third-order valence-electron chi connectivity index (χ3n) is 10.3. The lowest BCUT2D eigenvalue weighted by molar-refractivity contribution is -0.133. The van der Waals surface area contributed by atoms with Crippen molar-refractivity contribution in [1.82, 2.24) is 24.3 Å². The Morgan fingerprint density at radius 2 is 1.76 bits per heavy atom. The van der Waals surface area contributed by atoms with Crippen LogP contribution >= 0.6 is 0 Å². The fourth-order valence-corrected chi connectivity index (χ4v) is 9.13. The van der Waals surface area contributed by atoms with Crippen LogP contribution in [0.4, 0.5) is 4.39 Å². The van der Waals surface area contributed by atoms with Gasteiger partial charge in [0.05, 0.1) is 34.5 Å². The molecule has 3 aliphatic heterocycles. The second-order valence-electron chi connectivity index (χ2n) is 14.1. The summed E-state index contributed by atoms with van der Waals surface area (Å²) in [6.07, 6.45) is 10.2. The van der Waals surface area contributed by atoms with E-state index in [1.54, 1.807) is 18.0 Å². The molecule has 46 heavy (non-hydrogen) atoms. The fraction of sp³-hybridized carbons (Fsp3) is 0.571. The van der Waals surface area contributed by atoms with Crippen molar-refractivity contribution in [3.8, 4) is 5.69 Å². The first-order chi connectivity index (χ1) is 21.9. The summed E-state index contributed by atoms with van der Waals surface area (Å²) < 4.78 is 39.4. The molecule has 11 heteroatoms. The predicted molar refractivity (Wildman–Crippen MR) is 177 cm³/mol. The van der Waals surface area contributed by atoms with Gasteiger partial charge in [0, 0.05) is 63.5 Å². The Kier molecular flexibility index (Phi) is 9.26. The maximum atomic E-state index is 14.5. The minimum Gasteiger partial charge on any atom is -0.343 e. The number of nitrogens with zero attached hydrogens (tertiary/aromatic N) is 5. The highest BCUT2D eigenvalue weighted by Crippen LogP contribution is 2.33. The van der Waals surface area contributed by atoms with E-state index < -0.39 is 15.7 Å². The molecule has 3 aromatic rings. The van der Waals surface area contributed by atoms with Gasteiger partial charge in [0.25, 0.3) is 5.91 Å². The summed E-state index contributed by atoms with van der Waals surface area (Å²) in [6, 6.07) is 4.41. The van der Waals surface area contributed by atoms with Crippen molar-refractivity contribution in [2.75, 3.05) is 51.3 Å². The quantitative estimate of drug-likeness (QED) is 0.339. The van der Waals surface area contributed by atoms with Gasteiger partial charge in [0.2, 0.25) is 5.91 Å². The van der Waals surface area contributed by atoms with E-state index in [0.717, 1.165) is 74.9 Å². The standard InChI is InChI=1S/C35H46FN5O4S/c1-23(2)38(4)35(43)30-15-29(36)5-6-31(30)41-20-28(34-24(3)16-37-17-32(34)41)13-26-7-10-39(19-26)18-25-8-11-40(12-9-25)33(42)14-27-21-46(44,45)22-27/h5-6,15-17,20,23,25-27H,7-14,18-19,21-22H2,1-4H3/t26-/m0/s1. The smallest absolute Gasteiger partial charge is 0.256 e. The minimum atomic E-state index is -2.90. The average molecular weight is 652 g/mol. The van der Waals surface area contributed by atoms with E-state index >= 15 is 0 Å². The van der Waals surface area contributed by atoms with Crippen LogP contribution in [0.1, 0.15) is 61.0 Å². The molecule has 3 aliphatic rings. The summed E-state index contributed by atoms with van der Waals surface area (Å²) in [5.74, 6) is 0.810. The summed E-state index contributed by atoms with van der Waals surface area (Å²) in [6.45, 7) is 10.6. The zero-order chi connectivity index (χ0) is 32.7. The van der Waals surface area contributed by atoms with Gasteiger partial charge in [0.15, 0.2) is 9.84 Å². The highest BCUT2D eigenvalue weighted by atomic mass is 32.2. The lowest BCUT2D eigenvalue weighted by Crippen LogP contribution is -2.44. The van der Waals surface area contributed by atoms with Crippen LogP contribution in [-0.4, -0.2) is 102 Å². The summed E-state index contributed by atoms with van der Waals surface area (Å²) in [5, 5.41) is 1.14. The van der Waals surface area contributed by atoms with Gasteiger partial charge in [-0.15, -0.1) is 0 Å². The van der Waals surface area contributed by atoms with E-state index in [4.69, 9.17) is 0 Å². The van der Waals surface area contributed by atoms with Gasteiger partial charge >= 0.3 is 0 Å². The first-order valence-corrected chi connectivity index (χ1v) is 18.4. The Morgan fingerprint density at radius 3 is 2.46 bits per heavy atom. The summed E-state index contributed by atoms with van der Waals surface area (Å²) in [4.78, 5) is 36.7. The van der Waals surface area contributed by atoms with Crippen molar-refractivity contribution in [2.45, 2.75) is 58.9 Å². The van der Waals surface area contributed by atoms with Crippen LogP contribution in [0.2, 0.25) is 0 Å². The third-order valence-corrected chi connectivity index (χ3v) is 12.3. The van der Waals surface area contributed by atoms with Crippen molar-refractivity contribution >= 4 is 32.6 Å². The van der Waals surface area contributed by atoms with Crippen LogP contribution in [0.3, 0.4) is 0 Å². The first-order valence-electron chi connectivity index (χ1n) is 16.6. The van der Waals surface area contributed by atoms with E-state index in [-0.39, 0.29) is 35.3 Å². The number of aromatic nitrogens is 2. The SMILES string of the molecule is Cc1cncc2c1c(C[C@@H]1CCN(CC3CCN(C(=O)CC4CS(=O)(=O)C4)CC3)C1)cn2-c1ccc(F)cc1C(=O)N(C)C(C)C. The Hall–Kier alpha value is -3.31. The molecule has 1 atom stereocenters. The highest BCUT2D eigenvalue weighted by molar-refractivity contribution is 7.92. The minimum absolute atomic E-state index is 0.00218. The van der Waals surface area contributed by atoms with Gasteiger partial charge in [-0.1, -0.05) is 0 Å². The summed E-state index contributed by atoms with van der Waals surface area (Å²) >= 11 is 0. The van der Waals surface area contributed by atoms with Gasteiger partial charge < -0.3 is 19.3 Å². The number of aryl methyl sites for hydroxylation is 1. The molecular formula is C35H46FN5O4S. The lowest BCUT2D eigenvalue weighted by Gasteiger charge is -2.35. The first kappa shape index (κ1) is 32.6. The molecule has 0 spiro atoms. The Morgan fingerprint density at radius 1 is 1.04 bits per heavy atom. The Bertz CT molecular complexity index is 1720. The van der Waals surface area contributed by atoms with Gasteiger partial charge in [-0.25, -0.2) is 12.8 Å². The van der Waals surface area contributed by atoms with Crippen LogP contribution in [0, 0.1) is 30.5 Å². The number of pyridine rings is 1. The second-order valence-corrected chi connectivity index (χ2v) is 16.3. The zero-order valence-corrected chi connectivity index (χ0v) is 28.2. The predicted octanol–water partition coefficient (Wildman–Crippen LogP) is 4.49. The molecule has 0 unspecified atom stereocenters. The number of hydrogen-bond donors (Lipinski definition) is 0. The normalized spacial score (nSPS) is 20.8. The van der Waals surface area contributed by atoms with Crippen molar-refractivity contribution in [3.63, 3.8) is 0 Å². The van der Waals surface area contributed by atoms with Crippen LogP contribution in [0.5, 0.6) is 0 Å². The third kappa shape index (κ3) is 6.86. The van der Waals surface area contributed by atoms with E-state index in [1.807, 2.05) is 35.7 Å². The van der Waals surface area contributed by atoms with E-state index in [1.165, 1.54) is 17.7 Å². The molecule has 6 rings (SSSR count). The summed E-state index contributed by atoms with van der Waals surface area (Å²) in [5.41, 5.74) is 4.19. The van der Waals surface area contributed by atoms with Crippen molar-refractivity contribution in [2.24, 2.45) is 17.8 Å². The van der Waals surface area contributed by atoms with E-state index in [2.05, 4.69) is 23.0 Å². The Labute approximate surface area is 271 Å². The van der Waals surface area contributed by atoms with Crippen molar-refractivity contribution in [3.05, 3.63) is 59.3 Å². The van der Waals surface area contributed by atoms with Crippen LogP contribution in [-0.2, 0) is 21.1 Å². The molecule has 2 amide bonds. The van der Waals surface area contributed by atoms with Crippen LogP contribution in [0.25, 0.3) is 16.6 Å². The second kappa shape index (κ2) is 13.1. The molecule has 0 bridgehead atoms. The molecule has 9 nitrogen and oxygen atoms in total. The zero-order valence-electron chi connectivity index (χ0n) is 27.4. The van der Waals surface area contributed by atoms with Gasteiger partial charge in [-0.05, 0) is 100 Å². The van der Waals surface area contributed by atoms with Crippen LogP contribution < -0.4 is 0 Å². The molecule has 3 fully saturated rings. The number of carbonyl (C=O) groups is 2.